The third kappa shape index (κ3) is 4.32. The van der Waals surface area contributed by atoms with Gasteiger partial charge in [0, 0.05) is 38.6 Å². The Morgan fingerprint density at radius 1 is 1.21 bits per heavy atom. The molecule has 0 radical (unpaired) electrons. The number of amides is 2. The van der Waals surface area contributed by atoms with E-state index in [-0.39, 0.29) is 17.9 Å². The van der Waals surface area contributed by atoms with E-state index in [0.717, 1.165) is 45.6 Å². The second-order valence-electron chi connectivity index (χ2n) is 7.72. The molecule has 0 spiro atoms. The monoisotopic (exact) mass is 387 g/mol. The molecule has 0 aliphatic carbocycles. The van der Waals surface area contributed by atoms with Crippen LogP contribution >= 0.6 is 0 Å². The molecule has 0 unspecified atom stereocenters. The van der Waals surface area contributed by atoms with Crippen LogP contribution in [0.4, 0.5) is 0 Å². The molecule has 2 heterocycles. The summed E-state index contributed by atoms with van der Waals surface area (Å²) in [5.74, 6) is 1.29. The number of likely N-dealkylation sites (N-methyl/N-ethyl adjacent to an activating group) is 1. The molecule has 2 aliphatic rings. The highest BCUT2D eigenvalue weighted by Crippen LogP contribution is 2.32. The summed E-state index contributed by atoms with van der Waals surface area (Å²) < 4.78 is 5.37. The van der Waals surface area contributed by atoms with E-state index >= 15 is 0 Å². The first kappa shape index (κ1) is 20.6. The van der Waals surface area contributed by atoms with Crippen LogP contribution in [0.1, 0.15) is 43.5 Å². The van der Waals surface area contributed by atoms with Gasteiger partial charge in [-0.05, 0) is 44.0 Å². The first-order chi connectivity index (χ1) is 13.6. The Labute approximate surface area is 168 Å². The van der Waals surface area contributed by atoms with Crippen molar-refractivity contribution in [1.29, 1.82) is 0 Å². The van der Waals surface area contributed by atoms with Gasteiger partial charge in [-0.3, -0.25) is 9.59 Å². The second-order valence-corrected chi connectivity index (χ2v) is 7.72. The summed E-state index contributed by atoms with van der Waals surface area (Å²) in [6.07, 6.45) is 2.33. The molecule has 1 aromatic rings. The lowest BCUT2D eigenvalue weighted by molar-refractivity contribution is -0.140. The van der Waals surface area contributed by atoms with Gasteiger partial charge in [0.2, 0.25) is 5.91 Å². The molecule has 2 fully saturated rings. The van der Waals surface area contributed by atoms with Gasteiger partial charge in [-0.2, -0.15) is 0 Å². The Bertz CT molecular complexity index is 689. The predicted molar refractivity (Wildman–Crippen MR) is 110 cm³/mol. The highest BCUT2D eigenvalue weighted by molar-refractivity contribution is 5.97. The van der Waals surface area contributed by atoms with E-state index in [2.05, 4.69) is 23.6 Å². The number of carbonyl (C=O) groups excluding carboxylic acids is 2. The SMILES string of the molecule is CCN(CC)CCN1C(=O)CC[C@@H]2CN(C(=O)c3ccccc3OC)CC[C@@H]21. The minimum atomic E-state index is 0.0301. The van der Waals surface area contributed by atoms with Crippen LogP contribution in [0.3, 0.4) is 0 Å². The highest BCUT2D eigenvalue weighted by Gasteiger charge is 2.40. The van der Waals surface area contributed by atoms with E-state index in [9.17, 15) is 9.59 Å². The molecule has 2 aliphatic heterocycles. The Balaban J connectivity index is 1.66. The normalized spacial score (nSPS) is 22.4. The highest BCUT2D eigenvalue weighted by atomic mass is 16.5. The summed E-state index contributed by atoms with van der Waals surface area (Å²) in [4.78, 5) is 32.0. The zero-order valence-corrected chi connectivity index (χ0v) is 17.4. The lowest BCUT2D eigenvalue weighted by Crippen LogP contribution is -2.58. The lowest BCUT2D eigenvalue weighted by Gasteiger charge is -2.47. The van der Waals surface area contributed by atoms with Crippen molar-refractivity contribution < 1.29 is 14.3 Å². The fourth-order valence-corrected chi connectivity index (χ4v) is 4.61. The first-order valence-corrected chi connectivity index (χ1v) is 10.5. The van der Waals surface area contributed by atoms with Gasteiger partial charge < -0.3 is 19.4 Å². The van der Waals surface area contributed by atoms with Crippen LogP contribution in [-0.2, 0) is 4.79 Å². The Morgan fingerprint density at radius 3 is 2.68 bits per heavy atom. The van der Waals surface area contributed by atoms with Gasteiger partial charge in [0.25, 0.3) is 5.91 Å². The third-order valence-electron chi connectivity index (χ3n) is 6.32. The van der Waals surface area contributed by atoms with Crippen molar-refractivity contribution in [3.63, 3.8) is 0 Å². The maximum absolute atomic E-state index is 13.1. The van der Waals surface area contributed by atoms with Crippen molar-refractivity contribution in [2.24, 2.45) is 5.92 Å². The molecule has 0 saturated carbocycles. The summed E-state index contributed by atoms with van der Waals surface area (Å²) in [5.41, 5.74) is 0.619. The van der Waals surface area contributed by atoms with Crippen LogP contribution in [0.2, 0.25) is 0 Å². The molecule has 2 amide bonds. The average molecular weight is 388 g/mol. The number of benzene rings is 1. The molecule has 3 rings (SSSR count). The zero-order valence-electron chi connectivity index (χ0n) is 17.4. The van der Waals surface area contributed by atoms with Gasteiger partial charge in [-0.1, -0.05) is 26.0 Å². The first-order valence-electron chi connectivity index (χ1n) is 10.5. The molecule has 6 nitrogen and oxygen atoms in total. The van der Waals surface area contributed by atoms with Crippen molar-refractivity contribution in [1.82, 2.24) is 14.7 Å². The fraction of sp³-hybridized carbons (Fsp3) is 0.636. The molecule has 28 heavy (non-hydrogen) atoms. The number of carbonyl (C=O) groups is 2. The molecule has 2 saturated heterocycles. The van der Waals surface area contributed by atoms with Crippen molar-refractivity contribution >= 4 is 11.8 Å². The fourth-order valence-electron chi connectivity index (χ4n) is 4.61. The van der Waals surface area contributed by atoms with E-state index in [1.807, 2.05) is 29.2 Å². The van der Waals surface area contributed by atoms with Crippen LogP contribution in [-0.4, -0.2) is 78.9 Å². The van der Waals surface area contributed by atoms with E-state index < -0.39 is 0 Å². The van der Waals surface area contributed by atoms with E-state index in [0.29, 0.717) is 30.2 Å². The second kappa shape index (κ2) is 9.41. The predicted octanol–water partition coefficient (Wildman–Crippen LogP) is 2.49. The topological polar surface area (TPSA) is 53.1 Å². The van der Waals surface area contributed by atoms with Crippen LogP contribution in [0.5, 0.6) is 5.75 Å². The Morgan fingerprint density at radius 2 is 1.96 bits per heavy atom. The molecule has 0 aromatic heterocycles. The molecule has 1 aromatic carbocycles. The number of piperidine rings is 2. The largest absolute Gasteiger partial charge is 0.496 e. The molecular formula is C22H33N3O3. The van der Waals surface area contributed by atoms with Gasteiger partial charge in [-0.25, -0.2) is 0 Å². The number of fused-ring (bicyclic) bond motifs is 1. The minimum Gasteiger partial charge on any atom is -0.496 e. The van der Waals surface area contributed by atoms with Crippen LogP contribution in [0, 0.1) is 5.92 Å². The third-order valence-corrected chi connectivity index (χ3v) is 6.32. The maximum Gasteiger partial charge on any atom is 0.257 e. The maximum atomic E-state index is 13.1. The quantitative estimate of drug-likeness (QED) is 0.721. The van der Waals surface area contributed by atoms with Crippen molar-refractivity contribution in [3.05, 3.63) is 29.8 Å². The molecule has 6 heteroatoms. The average Bonchev–Trinajstić information content (AvgIpc) is 2.74. The molecule has 154 valence electrons. The smallest absolute Gasteiger partial charge is 0.257 e. The number of hydrogen-bond acceptors (Lipinski definition) is 4. The number of rotatable bonds is 7. The van der Waals surface area contributed by atoms with Gasteiger partial charge >= 0.3 is 0 Å². The lowest BCUT2D eigenvalue weighted by atomic mass is 9.83. The van der Waals surface area contributed by atoms with Crippen molar-refractivity contribution in [2.45, 2.75) is 39.2 Å². The van der Waals surface area contributed by atoms with Gasteiger partial charge in [0.05, 0.1) is 12.7 Å². The number of nitrogens with zero attached hydrogens (tertiary/aromatic N) is 3. The van der Waals surface area contributed by atoms with Gasteiger partial charge in [0.1, 0.15) is 5.75 Å². The van der Waals surface area contributed by atoms with Crippen LogP contribution < -0.4 is 4.74 Å². The number of methoxy groups -OCH3 is 1. The van der Waals surface area contributed by atoms with Crippen LogP contribution in [0.15, 0.2) is 24.3 Å². The van der Waals surface area contributed by atoms with E-state index in [4.69, 9.17) is 4.74 Å². The van der Waals surface area contributed by atoms with Gasteiger partial charge in [-0.15, -0.1) is 0 Å². The molecular weight excluding hydrogens is 354 g/mol. The summed E-state index contributed by atoms with van der Waals surface area (Å²) in [6.45, 7) is 9.46. The van der Waals surface area contributed by atoms with Gasteiger partial charge in [0.15, 0.2) is 0 Å². The van der Waals surface area contributed by atoms with Crippen molar-refractivity contribution in [3.8, 4) is 5.75 Å². The van der Waals surface area contributed by atoms with E-state index in [1.54, 1.807) is 7.11 Å². The number of likely N-dealkylation sites (tertiary alicyclic amines) is 2. The Kier molecular flexibility index (Phi) is 6.94. The summed E-state index contributed by atoms with van der Waals surface area (Å²) >= 11 is 0. The standard InChI is InChI=1S/C22H33N3O3/c1-4-23(5-2)14-15-25-19-12-13-24(16-17(19)10-11-21(25)26)22(27)18-8-6-7-9-20(18)28-3/h6-9,17,19H,4-5,10-16H2,1-3H3/t17-,19+/m1/s1. The number of hydrogen-bond donors (Lipinski definition) is 0. The zero-order chi connectivity index (χ0) is 20.1. The molecule has 2 atom stereocenters. The molecule has 0 bridgehead atoms. The molecule has 0 N–H and O–H groups in total. The number of ether oxygens (including phenoxy) is 1. The number of para-hydroxylation sites is 1. The summed E-state index contributed by atoms with van der Waals surface area (Å²) in [7, 11) is 1.60. The van der Waals surface area contributed by atoms with Crippen molar-refractivity contribution in [2.75, 3.05) is 46.4 Å². The van der Waals surface area contributed by atoms with Crippen LogP contribution in [0.25, 0.3) is 0 Å². The summed E-state index contributed by atoms with van der Waals surface area (Å²) in [5, 5.41) is 0. The summed E-state index contributed by atoms with van der Waals surface area (Å²) in [6, 6.07) is 7.67. The Hall–Kier alpha value is -2.08. The van der Waals surface area contributed by atoms with E-state index in [1.165, 1.54) is 0 Å². The minimum absolute atomic E-state index is 0.0301.